The van der Waals surface area contributed by atoms with Crippen LogP contribution in [0.1, 0.15) is 380 Å². The van der Waals surface area contributed by atoms with Crippen LogP contribution < -0.4 is 0 Å². The maximum absolute atomic E-state index is 12.9. The van der Waals surface area contributed by atoms with Gasteiger partial charge in [-0.2, -0.15) is 0 Å². The average molecular weight is 1080 g/mol. The van der Waals surface area contributed by atoms with Crippen LogP contribution in [0.15, 0.2) is 36.5 Å². The SMILES string of the molecule is CCCCCC/C=C\C/C=C\CCCCCCCCCC(=O)OC(COC(=O)CCCCCCC/C=C\CCCCCCCC)COC(=O)CCCCCCCCCCCCCCCCCCCCCCCCCCCC. The second-order valence-corrected chi connectivity index (χ2v) is 23.4. The Labute approximate surface area is 480 Å². The number of carbonyl (C=O) groups is 3. The summed E-state index contributed by atoms with van der Waals surface area (Å²) in [5.41, 5.74) is 0. The van der Waals surface area contributed by atoms with Crippen molar-refractivity contribution in [3.63, 3.8) is 0 Å². The van der Waals surface area contributed by atoms with Gasteiger partial charge in [0.25, 0.3) is 0 Å². The Morgan fingerprint density at radius 3 is 0.740 bits per heavy atom. The van der Waals surface area contributed by atoms with Crippen molar-refractivity contribution in [2.45, 2.75) is 386 Å². The predicted octanol–water partition coefficient (Wildman–Crippen LogP) is 23.6. The Bertz CT molecular complexity index is 1290. The number of ether oxygens (including phenoxy) is 3. The molecule has 6 nitrogen and oxygen atoms in total. The van der Waals surface area contributed by atoms with Gasteiger partial charge in [-0.25, -0.2) is 0 Å². The van der Waals surface area contributed by atoms with Crippen LogP contribution in [0, 0.1) is 0 Å². The summed E-state index contributed by atoms with van der Waals surface area (Å²) < 4.78 is 17.0. The molecule has 0 aromatic rings. The van der Waals surface area contributed by atoms with Gasteiger partial charge in [-0.1, -0.05) is 320 Å². The van der Waals surface area contributed by atoms with E-state index in [4.69, 9.17) is 14.2 Å². The Kier molecular flexibility index (Phi) is 64.1. The fourth-order valence-corrected chi connectivity index (χ4v) is 10.4. The summed E-state index contributed by atoms with van der Waals surface area (Å²) in [4.78, 5) is 38.4. The van der Waals surface area contributed by atoms with Gasteiger partial charge in [0.1, 0.15) is 13.2 Å². The Hall–Kier alpha value is -2.37. The van der Waals surface area contributed by atoms with E-state index >= 15 is 0 Å². The summed E-state index contributed by atoms with van der Waals surface area (Å²) in [5, 5.41) is 0. The second kappa shape index (κ2) is 66.1. The summed E-state index contributed by atoms with van der Waals surface area (Å²) in [6.07, 6.45) is 81.7. The van der Waals surface area contributed by atoms with Gasteiger partial charge in [0.05, 0.1) is 0 Å². The third-order valence-corrected chi connectivity index (χ3v) is 15.6. The van der Waals surface area contributed by atoms with Gasteiger partial charge < -0.3 is 14.2 Å². The normalized spacial score (nSPS) is 12.2. The van der Waals surface area contributed by atoms with Gasteiger partial charge in [-0.15, -0.1) is 0 Å². The van der Waals surface area contributed by atoms with E-state index in [1.807, 2.05) is 0 Å². The molecular weight excluding hydrogens is 949 g/mol. The van der Waals surface area contributed by atoms with Crippen molar-refractivity contribution < 1.29 is 28.6 Å². The number of unbranched alkanes of at least 4 members (excludes halogenated alkanes) is 47. The molecule has 0 rings (SSSR count). The summed E-state index contributed by atoms with van der Waals surface area (Å²) in [5.74, 6) is -0.864. The maximum atomic E-state index is 12.9. The van der Waals surface area contributed by atoms with Crippen molar-refractivity contribution in [3.8, 4) is 0 Å². The standard InChI is InChI=1S/C71H132O6/c1-4-7-10-13-16-19-22-25-28-30-32-33-34-35-36-37-38-39-41-43-46-49-52-55-58-61-64-70(73)76-67-68(66-75-69(72)63-60-57-54-51-48-45-42-27-24-21-18-15-12-9-6-3)77-71(74)65-62-59-56-53-50-47-44-40-31-29-26-23-20-17-14-11-8-5-2/h20,23,27,29,31,42,68H,4-19,21-22,24-26,28,30,32-41,43-67H2,1-3H3/b23-20-,31-29-,42-27-. The lowest BCUT2D eigenvalue weighted by molar-refractivity contribution is -0.167. The number of allylic oxidation sites excluding steroid dienone is 6. The predicted molar refractivity (Wildman–Crippen MR) is 335 cm³/mol. The molecule has 0 N–H and O–H groups in total. The molecule has 0 aromatic heterocycles. The molecule has 6 heteroatoms. The highest BCUT2D eigenvalue weighted by atomic mass is 16.6. The van der Waals surface area contributed by atoms with E-state index in [1.54, 1.807) is 0 Å². The van der Waals surface area contributed by atoms with Crippen LogP contribution >= 0.6 is 0 Å². The van der Waals surface area contributed by atoms with Gasteiger partial charge in [0, 0.05) is 19.3 Å². The molecule has 0 aromatic carbocycles. The van der Waals surface area contributed by atoms with Crippen LogP contribution in [0.2, 0.25) is 0 Å². The lowest BCUT2D eigenvalue weighted by Gasteiger charge is -2.18. The third kappa shape index (κ3) is 64.3. The molecule has 0 fully saturated rings. The lowest BCUT2D eigenvalue weighted by Crippen LogP contribution is -2.30. The Balaban J connectivity index is 4.25. The molecule has 1 atom stereocenters. The highest BCUT2D eigenvalue weighted by Crippen LogP contribution is 2.18. The summed E-state index contributed by atoms with van der Waals surface area (Å²) in [7, 11) is 0. The van der Waals surface area contributed by atoms with Gasteiger partial charge in [-0.3, -0.25) is 14.4 Å². The minimum atomic E-state index is -0.779. The zero-order valence-electron chi connectivity index (χ0n) is 52.0. The highest BCUT2D eigenvalue weighted by Gasteiger charge is 2.19. The van der Waals surface area contributed by atoms with Crippen LogP contribution in [-0.4, -0.2) is 37.2 Å². The van der Waals surface area contributed by atoms with Gasteiger partial charge in [0.15, 0.2) is 6.10 Å². The van der Waals surface area contributed by atoms with Crippen LogP contribution in [0.5, 0.6) is 0 Å². The summed E-state index contributed by atoms with van der Waals surface area (Å²) in [6.45, 7) is 6.67. The van der Waals surface area contributed by atoms with Gasteiger partial charge >= 0.3 is 17.9 Å². The van der Waals surface area contributed by atoms with E-state index < -0.39 is 6.10 Å². The molecular formula is C71H132O6. The van der Waals surface area contributed by atoms with E-state index in [-0.39, 0.29) is 31.1 Å². The van der Waals surface area contributed by atoms with Crippen molar-refractivity contribution in [2.24, 2.45) is 0 Å². The van der Waals surface area contributed by atoms with Crippen LogP contribution in [0.4, 0.5) is 0 Å². The molecule has 77 heavy (non-hydrogen) atoms. The van der Waals surface area contributed by atoms with Crippen molar-refractivity contribution >= 4 is 17.9 Å². The van der Waals surface area contributed by atoms with Gasteiger partial charge in [-0.05, 0) is 77.0 Å². The average Bonchev–Trinajstić information content (AvgIpc) is 3.43. The zero-order chi connectivity index (χ0) is 55.7. The molecule has 452 valence electrons. The molecule has 0 aliphatic carbocycles. The van der Waals surface area contributed by atoms with E-state index in [0.717, 1.165) is 77.0 Å². The number of hydrogen-bond donors (Lipinski definition) is 0. The molecule has 0 bridgehead atoms. The first kappa shape index (κ1) is 74.6. The molecule has 0 heterocycles. The Morgan fingerprint density at radius 2 is 0.468 bits per heavy atom. The van der Waals surface area contributed by atoms with Crippen molar-refractivity contribution in [2.75, 3.05) is 13.2 Å². The summed E-state index contributed by atoms with van der Waals surface area (Å²) in [6, 6.07) is 0. The molecule has 0 aliphatic rings. The molecule has 1 unspecified atom stereocenters. The van der Waals surface area contributed by atoms with Crippen LogP contribution in [-0.2, 0) is 28.6 Å². The van der Waals surface area contributed by atoms with E-state index in [2.05, 4.69) is 57.2 Å². The van der Waals surface area contributed by atoms with E-state index in [1.165, 1.54) is 263 Å². The second-order valence-electron chi connectivity index (χ2n) is 23.4. The molecule has 0 saturated heterocycles. The number of esters is 3. The Morgan fingerprint density at radius 1 is 0.260 bits per heavy atom. The molecule has 0 spiro atoms. The first-order chi connectivity index (χ1) is 38.0. The van der Waals surface area contributed by atoms with Crippen molar-refractivity contribution in [3.05, 3.63) is 36.5 Å². The molecule has 0 saturated carbocycles. The van der Waals surface area contributed by atoms with E-state index in [0.29, 0.717) is 19.3 Å². The first-order valence-corrected chi connectivity index (χ1v) is 34.5. The van der Waals surface area contributed by atoms with Crippen LogP contribution in [0.3, 0.4) is 0 Å². The molecule has 0 radical (unpaired) electrons. The van der Waals surface area contributed by atoms with E-state index in [9.17, 15) is 14.4 Å². The lowest BCUT2D eigenvalue weighted by atomic mass is 10.0. The molecule has 0 aliphatic heterocycles. The monoisotopic (exact) mass is 1080 g/mol. The summed E-state index contributed by atoms with van der Waals surface area (Å²) >= 11 is 0. The minimum Gasteiger partial charge on any atom is -0.462 e. The zero-order valence-corrected chi connectivity index (χ0v) is 52.0. The minimum absolute atomic E-state index is 0.0737. The number of carbonyl (C=O) groups excluding carboxylic acids is 3. The van der Waals surface area contributed by atoms with Crippen molar-refractivity contribution in [1.29, 1.82) is 0 Å². The smallest absolute Gasteiger partial charge is 0.306 e. The fraction of sp³-hybridized carbons (Fsp3) is 0.873. The quantitative estimate of drug-likeness (QED) is 0.0261. The number of rotatable bonds is 64. The highest BCUT2D eigenvalue weighted by molar-refractivity contribution is 5.71. The maximum Gasteiger partial charge on any atom is 0.306 e. The molecule has 0 amide bonds. The largest absolute Gasteiger partial charge is 0.462 e. The van der Waals surface area contributed by atoms with Crippen LogP contribution in [0.25, 0.3) is 0 Å². The van der Waals surface area contributed by atoms with Gasteiger partial charge in [0.2, 0.25) is 0 Å². The fourth-order valence-electron chi connectivity index (χ4n) is 10.4. The first-order valence-electron chi connectivity index (χ1n) is 34.5. The third-order valence-electron chi connectivity index (χ3n) is 15.6. The topological polar surface area (TPSA) is 78.9 Å². The number of hydrogen-bond acceptors (Lipinski definition) is 6. The van der Waals surface area contributed by atoms with Crippen molar-refractivity contribution in [1.82, 2.24) is 0 Å².